The van der Waals surface area contributed by atoms with Crippen molar-refractivity contribution in [1.82, 2.24) is 10.2 Å². The van der Waals surface area contributed by atoms with Crippen molar-refractivity contribution in [2.24, 2.45) is 0 Å². The van der Waals surface area contributed by atoms with Gasteiger partial charge in [-0.2, -0.15) is 0 Å². The number of Topliss-reactive ketones (excluding diaryl/α,β-unsaturated/α-hetero) is 1. The summed E-state index contributed by atoms with van der Waals surface area (Å²) in [5.74, 6) is 0.0540. The largest absolute Gasteiger partial charge is 0.360 e. The van der Waals surface area contributed by atoms with Crippen molar-refractivity contribution >= 4 is 28.8 Å². The van der Waals surface area contributed by atoms with E-state index >= 15 is 0 Å². The van der Waals surface area contributed by atoms with Gasteiger partial charge in [-0.25, -0.2) is 0 Å². The van der Waals surface area contributed by atoms with Crippen molar-refractivity contribution in [1.29, 1.82) is 0 Å². The minimum Gasteiger partial charge on any atom is -0.360 e. The highest BCUT2D eigenvalue weighted by atomic mass is 32.1. The van der Waals surface area contributed by atoms with Gasteiger partial charge in [0.15, 0.2) is 10.9 Å². The van der Waals surface area contributed by atoms with Crippen LogP contribution in [0.25, 0.3) is 0 Å². The molecule has 4 nitrogen and oxygen atoms in total. The molecule has 0 saturated carbocycles. The number of carbonyl (C=O) groups is 1. The van der Waals surface area contributed by atoms with E-state index in [1.807, 2.05) is 24.3 Å². The molecule has 1 aliphatic rings. The fraction of sp³-hybridized carbons (Fsp3) is 0.333. The Hall–Kier alpha value is -2.24. The van der Waals surface area contributed by atoms with E-state index in [0.717, 1.165) is 38.2 Å². The van der Waals surface area contributed by atoms with Crippen LogP contribution in [0.4, 0.5) is 5.69 Å². The number of ketones is 1. The molecule has 0 spiro atoms. The normalized spacial score (nSPS) is 15.4. The summed E-state index contributed by atoms with van der Waals surface area (Å²) in [6.07, 6.45) is 2.14. The van der Waals surface area contributed by atoms with Crippen LogP contribution in [0.1, 0.15) is 35.7 Å². The van der Waals surface area contributed by atoms with E-state index in [4.69, 9.17) is 12.2 Å². The zero-order valence-electron chi connectivity index (χ0n) is 15.1. The first kappa shape index (κ1) is 18.5. The topological polar surface area (TPSA) is 44.4 Å². The van der Waals surface area contributed by atoms with Crippen LogP contribution in [0, 0.1) is 0 Å². The third-order valence-electron chi connectivity index (χ3n) is 4.70. The molecular formula is C21H25N3OS. The van der Waals surface area contributed by atoms with E-state index in [1.165, 1.54) is 5.56 Å². The number of thiocarbonyl (C=S) groups is 1. The highest BCUT2D eigenvalue weighted by Crippen LogP contribution is 2.15. The average Bonchev–Trinajstić information content (AvgIpc) is 2.64. The van der Waals surface area contributed by atoms with Gasteiger partial charge >= 0.3 is 0 Å². The molecule has 0 unspecified atom stereocenters. The molecule has 136 valence electrons. The number of piperidine rings is 1. The summed E-state index contributed by atoms with van der Waals surface area (Å²) < 4.78 is 0. The second-order valence-electron chi connectivity index (χ2n) is 6.77. The van der Waals surface area contributed by atoms with Crippen LogP contribution in [0.3, 0.4) is 0 Å². The molecule has 5 heteroatoms. The van der Waals surface area contributed by atoms with Crippen molar-refractivity contribution in [3.8, 4) is 0 Å². The van der Waals surface area contributed by atoms with Crippen molar-refractivity contribution in [2.75, 3.05) is 18.4 Å². The monoisotopic (exact) mass is 367 g/mol. The lowest BCUT2D eigenvalue weighted by atomic mass is 10.0. The maximum Gasteiger partial charge on any atom is 0.170 e. The van der Waals surface area contributed by atoms with Crippen LogP contribution in [0.2, 0.25) is 0 Å². The SMILES string of the molecule is CC(=O)c1cccc(NC(=S)NC2CCN(Cc3ccccc3)CC2)c1. The highest BCUT2D eigenvalue weighted by Gasteiger charge is 2.19. The molecule has 0 atom stereocenters. The summed E-state index contributed by atoms with van der Waals surface area (Å²) >= 11 is 5.44. The van der Waals surface area contributed by atoms with Gasteiger partial charge in [-0.15, -0.1) is 0 Å². The van der Waals surface area contributed by atoms with Crippen molar-refractivity contribution in [2.45, 2.75) is 32.4 Å². The number of carbonyl (C=O) groups excluding carboxylic acids is 1. The van der Waals surface area contributed by atoms with Crippen LogP contribution in [0.5, 0.6) is 0 Å². The number of likely N-dealkylation sites (tertiary alicyclic amines) is 1. The molecule has 0 aromatic heterocycles. The molecule has 1 saturated heterocycles. The van der Waals surface area contributed by atoms with Crippen LogP contribution in [0.15, 0.2) is 54.6 Å². The van der Waals surface area contributed by atoms with Crippen LogP contribution in [-0.2, 0) is 6.54 Å². The molecule has 1 fully saturated rings. The molecule has 26 heavy (non-hydrogen) atoms. The number of nitrogens with one attached hydrogen (secondary N) is 2. The third-order valence-corrected chi connectivity index (χ3v) is 4.92. The van der Waals surface area contributed by atoms with Gasteiger partial charge in [0.05, 0.1) is 0 Å². The van der Waals surface area contributed by atoms with Crippen LogP contribution in [-0.4, -0.2) is 34.9 Å². The Kier molecular flexibility index (Phi) is 6.36. The molecule has 2 aromatic carbocycles. The van der Waals surface area contributed by atoms with Gasteiger partial charge in [-0.3, -0.25) is 9.69 Å². The summed E-state index contributed by atoms with van der Waals surface area (Å²) in [6.45, 7) is 4.71. The van der Waals surface area contributed by atoms with Crippen molar-refractivity contribution in [3.63, 3.8) is 0 Å². The summed E-state index contributed by atoms with van der Waals surface area (Å²) in [7, 11) is 0. The summed E-state index contributed by atoms with van der Waals surface area (Å²) in [5, 5.41) is 7.22. The Labute approximate surface area is 160 Å². The van der Waals surface area contributed by atoms with E-state index in [-0.39, 0.29) is 5.78 Å². The lowest BCUT2D eigenvalue weighted by Crippen LogP contribution is -2.45. The summed E-state index contributed by atoms with van der Waals surface area (Å²) in [5.41, 5.74) is 2.89. The Morgan fingerprint density at radius 2 is 1.85 bits per heavy atom. The van der Waals surface area contributed by atoms with Gasteiger partial charge in [0.2, 0.25) is 0 Å². The van der Waals surface area contributed by atoms with E-state index < -0.39 is 0 Å². The first-order valence-electron chi connectivity index (χ1n) is 9.05. The van der Waals surface area contributed by atoms with E-state index in [1.54, 1.807) is 6.92 Å². The van der Waals surface area contributed by atoms with Crippen molar-refractivity contribution < 1.29 is 4.79 Å². The highest BCUT2D eigenvalue weighted by molar-refractivity contribution is 7.80. The lowest BCUT2D eigenvalue weighted by Gasteiger charge is -2.33. The van der Waals surface area contributed by atoms with Gasteiger partial charge < -0.3 is 10.6 Å². The predicted octanol–water partition coefficient (Wildman–Crippen LogP) is 3.84. The quantitative estimate of drug-likeness (QED) is 0.621. The Morgan fingerprint density at radius 3 is 2.54 bits per heavy atom. The molecule has 1 aliphatic heterocycles. The van der Waals surface area contributed by atoms with Gasteiger partial charge in [0.1, 0.15) is 0 Å². The second kappa shape index (κ2) is 8.92. The van der Waals surface area contributed by atoms with Gasteiger partial charge in [0, 0.05) is 36.9 Å². The number of nitrogens with zero attached hydrogens (tertiary/aromatic N) is 1. The number of hydrogen-bond donors (Lipinski definition) is 2. The Balaban J connectivity index is 1.45. The van der Waals surface area contributed by atoms with Crippen LogP contribution < -0.4 is 10.6 Å². The van der Waals surface area contributed by atoms with Gasteiger partial charge in [-0.1, -0.05) is 42.5 Å². The fourth-order valence-corrected chi connectivity index (χ4v) is 3.53. The predicted molar refractivity (Wildman–Crippen MR) is 111 cm³/mol. The number of anilines is 1. The average molecular weight is 368 g/mol. The van der Waals surface area contributed by atoms with Crippen molar-refractivity contribution in [3.05, 3.63) is 65.7 Å². The molecular weight excluding hydrogens is 342 g/mol. The first-order valence-corrected chi connectivity index (χ1v) is 9.46. The number of rotatable bonds is 5. The van der Waals surface area contributed by atoms with Gasteiger partial charge in [-0.05, 0) is 49.7 Å². The Morgan fingerprint density at radius 1 is 1.12 bits per heavy atom. The standard InChI is InChI=1S/C21H25N3OS/c1-16(25)18-8-5-9-20(14-18)23-21(26)22-19-10-12-24(13-11-19)15-17-6-3-2-4-7-17/h2-9,14,19H,10-13,15H2,1H3,(H2,22,23,26). The van der Waals surface area contributed by atoms with E-state index in [2.05, 4.69) is 45.9 Å². The third kappa shape index (κ3) is 5.38. The molecule has 2 aromatic rings. The molecule has 0 bridgehead atoms. The molecule has 3 rings (SSSR count). The van der Waals surface area contributed by atoms with Gasteiger partial charge in [0.25, 0.3) is 0 Å². The second-order valence-corrected chi connectivity index (χ2v) is 7.18. The zero-order valence-corrected chi connectivity index (χ0v) is 15.9. The zero-order chi connectivity index (χ0) is 18.4. The number of benzene rings is 2. The fourth-order valence-electron chi connectivity index (χ4n) is 3.25. The molecule has 0 radical (unpaired) electrons. The first-order chi connectivity index (χ1) is 12.6. The molecule has 0 amide bonds. The molecule has 1 heterocycles. The number of hydrogen-bond acceptors (Lipinski definition) is 3. The van der Waals surface area contributed by atoms with E-state index in [0.29, 0.717) is 16.7 Å². The maximum atomic E-state index is 11.5. The summed E-state index contributed by atoms with van der Waals surface area (Å²) in [4.78, 5) is 14.0. The molecule has 2 N–H and O–H groups in total. The Bertz CT molecular complexity index is 755. The maximum absolute atomic E-state index is 11.5. The minimum atomic E-state index is 0.0540. The minimum absolute atomic E-state index is 0.0540. The smallest absolute Gasteiger partial charge is 0.170 e. The van der Waals surface area contributed by atoms with Crippen LogP contribution >= 0.6 is 12.2 Å². The summed E-state index contributed by atoms with van der Waals surface area (Å²) in [6, 6.07) is 18.4. The lowest BCUT2D eigenvalue weighted by molar-refractivity contribution is 0.101. The molecule has 0 aliphatic carbocycles. The van der Waals surface area contributed by atoms with E-state index in [9.17, 15) is 4.79 Å².